The van der Waals surface area contributed by atoms with Gasteiger partial charge < -0.3 is 25.0 Å². The zero-order chi connectivity index (χ0) is 61.5. The Morgan fingerprint density at radius 2 is 0.847 bits per heavy atom. The van der Waals surface area contributed by atoms with Crippen LogP contribution in [0.3, 0.4) is 0 Å². The Labute approximate surface area is 496 Å². The predicted octanol–water partition coefficient (Wildman–Crippen LogP) is 9.70. The maximum atomic E-state index is 14.1. The molecule has 0 radical (unpaired) electrons. The maximum absolute atomic E-state index is 14.1. The molecule has 2 N–H and O–H groups in total. The van der Waals surface area contributed by atoms with Crippen LogP contribution in [0.25, 0.3) is 0 Å². The molecule has 0 aliphatic carbocycles. The van der Waals surface area contributed by atoms with Gasteiger partial charge in [-0.25, -0.2) is 51.2 Å². The maximum Gasteiger partial charge on any atom is 0.255 e. The van der Waals surface area contributed by atoms with Gasteiger partial charge in [0.05, 0.1) is 31.1 Å². The molecule has 456 valence electrons. The van der Waals surface area contributed by atoms with Crippen LogP contribution in [0.15, 0.2) is 153 Å². The summed E-state index contributed by atoms with van der Waals surface area (Å²) in [6.45, 7) is 4.05. The Kier molecular flexibility index (Phi) is 22.9. The molecule has 8 rings (SSSR count). The van der Waals surface area contributed by atoms with Crippen LogP contribution >= 0.6 is 0 Å². The summed E-state index contributed by atoms with van der Waals surface area (Å²) in [5, 5.41) is 8.60. The summed E-state index contributed by atoms with van der Waals surface area (Å²) in [7, 11) is -13.7. The normalized spacial score (nSPS) is 15.7. The fraction of sp³-hybridized carbons (Fsp3) is 0.387. The van der Waals surface area contributed by atoms with Crippen molar-refractivity contribution < 1.29 is 65.5 Å². The Hall–Kier alpha value is -6.68. The lowest BCUT2D eigenvalue weighted by Gasteiger charge is -2.33. The van der Waals surface area contributed by atoms with Gasteiger partial charge in [0.25, 0.3) is 5.91 Å². The summed E-state index contributed by atoms with van der Waals surface area (Å²) >= 11 is 0. The van der Waals surface area contributed by atoms with E-state index in [0.717, 1.165) is 87.6 Å². The number of ether oxygens (including phenoxy) is 2. The van der Waals surface area contributed by atoms with Crippen molar-refractivity contribution in [3.8, 4) is 17.6 Å². The minimum atomic E-state index is -3.48. The quantitative estimate of drug-likeness (QED) is 0.0527. The molecule has 0 spiro atoms. The minimum Gasteiger partial charge on any atom is -0.484 e. The van der Waals surface area contributed by atoms with Crippen molar-refractivity contribution in [2.45, 2.75) is 82.8 Å². The van der Waals surface area contributed by atoms with Gasteiger partial charge in [-0.15, -0.1) is 0 Å². The highest BCUT2D eigenvalue weighted by atomic mass is 32.2. The number of sulfone groups is 4. The number of likely N-dealkylation sites (tertiary alicyclic amines) is 2. The summed E-state index contributed by atoms with van der Waals surface area (Å²) < 4.78 is 166. The van der Waals surface area contributed by atoms with E-state index < -0.39 is 68.5 Å². The van der Waals surface area contributed by atoms with Crippen molar-refractivity contribution in [1.82, 2.24) is 9.80 Å². The van der Waals surface area contributed by atoms with Crippen LogP contribution in [0.5, 0.6) is 11.5 Å². The van der Waals surface area contributed by atoms with E-state index in [1.807, 2.05) is 6.07 Å². The first-order valence-corrected chi connectivity index (χ1v) is 34.9. The highest BCUT2D eigenvalue weighted by molar-refractivity contribution is 7.92. The molecule has 0 aromatic heterocycles. The van der Waals surface area contributed by atoms with Gasteiger partial charge in [-0.2, -0.15) is 5.26 Å². The number of hydrogen-bond acceptors (Lipinski definition) is 14. The summed E-state index contributed by atoms with van der Waals surface area (Å²) in [5.41, 5.74) is 7.58. The van der Waals surface area contributed by atoms with Crippen molar-refractivity contribution >= 4 is 45.3 Å². The molecule has 15 nitrogen and oxygen atoms in total. The van der Waals surface area contributed by atoms with Gasteiger partial charge in [0.1, 0.15) is 40.8 Å². The number of amides is 1. The van der Waals surface area contributed by atoms with E-state index in [2.05, 4.69) is 9.80 Å². The standard InChI is InChI=1S/C31H36F2N2O6S2.C31H34F2N2O5S2/c1-42(37,38)28-6-2-23(3-7-28)30(24-18-25(32)20-26(33)19-24)12-16-35-14-10-22(11-15-35)13-17-43(39,40)29-8-4-27(5-9-29)41-21-31(34)36;1-41(36,37)29-6-2-24(3-7-29)31(25-20-26(32)22-27(33)21-25)12-17-35-15-10-23(11-16-35)13-19-42(38,39)30-8-4-28(5-9-30)40-18-14-34/h2-9,18-20,22,30H,10-17,21H2,1H3,(H2,34,36);2-9,20-23,31H,10-13,15-19H2,1H3/t30-;31-/m11/s1. The monoisotopic (exact) mass is 1250 g/mol. The van der Waals surface area contributed by atoms with Gasteiger partial charge in [-0.05, 0) is 222 Å². The minimum absolute atomic E-state index is 0.0237. The SMILES string of the molecule is CS(=O)(=O)c1ccc([C@@H](CCN2CCC(CCS(=O)(=O)c3ccc(OCC#N)cc3)CC2)c2cc(F)cc(F)c2)cc1.CS(=O)(=O)c1ccc([C@@H](CCN2CCC(CCS(=O)(=O)c3ccc(OCC(N)=O)cc3)CC2)c2cc(F)cc(F)c2)cc1. The molecule has 6 aromatic rings. The highest BCUT2D eigenvalue weighted by Crippen LogP contribution is 2.34. The Morgan fingerprint density at radius 1 is 0.518 bits per heavy atom. The molecule has 6 aromatic carbocycles. The van der Waals surface area contributed by atoms with E-state index in [1.165, 1.54) is 84.9 Å². The molecule has 0 bridgehead atoms. The Morgan fingerprint density at radius 3 is 1.16 bits per heavy atom. The molecular formula is C62H70F4N4O11S4. The second-order valence-electron chi connectivity index (χ2n) is 21.7. The van der Waals surface area contributed by atoms with Gasteiger partial charge >= 0.3 is 0 Å². The van der Waals surface area contributed by atoms with Crippen LogP contribution in [-0.2, 0) is 44.1 Å². The number of nitriles is 1. The van der Waals surface area contributed by atoms with Crippen molar-refractivity contribution in [2.24, 2.45) is 17.6 Å². The molecule has 2 aliphatic heterocycles. The van der Waals surface area contributed by atoms with Crippen molar-refractivity contribution in [2.75, 3.05) is 76.5 Å². The zero-order valence-corrected chi connectivity index (χ0v) is 50.6. The summed E-state index contributed by atoms with van der Waals surface area (Å²) in [4.78, 5) is 16.2. The number of carbonyl (C=O) groups excluding carboxylic acids is 1. The molecule has 0 unspecified atom stereocenters. The van der Waals surface area contributed by atoms with E-state index >= 15 is 0 Å². The fourth-order valence-electron chi connectivity index (χ4n) is 10.8. The zero-order valence-electron chi connectivity index (χ0n) is 47.3. The van der Waals surface area contributed by atoms with Crippen LogP contribution in [0, 0.1) is 46.4 Å². The average Bonchev–Trinajstić information content (AvgIpc) is 3.34. The van der Waals surface area contributed by atoms with Gasteiger partial charge in [0, 0.05) is 36.5 Å². The number of rotatable bonds is 25. The van der Waals surface area contributed by atoms with Crippen LogP contribution in [-0.4, -0.2) is 126 Å². The molecule has 23 heteroatoms. The van der Waals surface area contributed by atoms with E-state index in [0.29, 0.717) is 61.4 Å². The average molecular weight is 1250 g/mol. The molecule has 2 aliphatic rings. The lowest BCUT2D eigenvalue weighted by molar-refractivity contribution is -0.119. The van der Waals surface area contributed by atoms with Crippen LogP contribution in [0.1, 0.15) is 85.5 Å². The van der Waals surface area contributed by atoms with Crippen LogP contribution in [0.2, 0.25) is 0 Å². The summed E-state index contributed by atoms with van der Waals surface area (Å²) in [6, 6.07) is 33.7. The van der Waals surface area contributed by atoms with E-state index in [9.17, 15) is 56.0 Å². The first-order chi connectivity index (χ1) is 40.2. The first kappa shape index (κ1) is 65.9. The number of halogens is 4. The Bertz CT molecular complexity index is 3690. The van der Waals surface area contributed by atoms with Crippen LogP contribution in [0.4, 0.5) is 17.6 Å². The number of primary amides is 1. The van der Waals surface area contributed by atoms with Gasteiger partial charge in [0.15, 0.2) is 52.6 Å². The molecule has 2 saturated heterocycles. The third-order valence-corrected chi connectivity index (χ3v) is 21.3. The number of benzene rings is 6. The molecule has 1 amide bonds. The third-order valence-electron chi connectivity index (χ3n) is 15.5. The predicted molar refractivity (Wildman–Crippen MR) is 315 cm³/mol. The number of carbonyl (C=O) groups is 1. The lowest BCUT2D eigenvalue weighted by Crippen LogP contribution is -2.35. The molecule has 0 saturated carbocycles. The summed E-state index contributed by atoms with van der Waals surface area (Å²) in [6.07, 6.45) is 7.85. The highest BCUT2D eigenvalue weighted by Gasteiger charge is 2.27. The largest absolute Gasteiger partial charge is 0.484 e. The van der Waals surface area contributed by atoms with E-state index in [1.54, 1.807) is 36.4 Å². The first-order valence-electron chi connectivity index (χ1n) is 27.8. The van der Waals surface area contributed by atoms with Gasteiger partial charge in [0.2, 0.25) is 0 Å². The van der Waals surface area contributed by atoms with E-state index in [4.69, 9.17) is 20.5 Å². The smallest absolute Gasteiger partial charge is 0.255 e. The molecule has 2 heterocycles. The van der Waals surface area contributed by atoms with Gasteiger partial charge in [-0.3, -0.25) is 4.79 Å². The van der Waals surface area contributed by atoms with Crippen LogP contribution < -0.4 is 15.2 Å². The number of nitrogens with two attached hydrogens (primary N) is 1. The van der Waals surface area contributed by atoms with Crippen molar-refractivity contribution in [1.29, 1.82) is 5.26 Å². The fourth-order valence-corrected chi connectivity index (χ4v) is 14.9. The number of nitrogens with zero attached hydrogens (tertiary/aromatic N) is 3. The Balaban J connectivity index is 0.000000244. The topological polar surface area (TPSA) is 228 Å². The van der Waals surface area contributed by atoms with E-state index in [-0.39, 0.29) is 68.0 Å². The summed E-state index contributed by atoms with van der Waals surface area (Å²) in [5.74, 6) is -2.56. The number of piperidine rings is 2. The molecular weight excluding hydrogens is 1180 g/mol. The van der Waals surface area contributed by atoms with Crippen molar-refractivity contribution in [3.63, 3.8) is 0 Å². The molecule has 85 heavy (non-hydrogen) atoms. The molecule has 2 atom stereocenters. The second-order valence-corrected chi connectivity index (χ2v) is 29.9. The van der Waals surface area contributed by atoms with Crippen molar-refractivity contribution in [3.05, 3.63) is 179 Å². The molecule has 2 fully saturated rings. The third kappa shape index (κ3) is 19.9. The second kappa shape index (κ2) is 29.6. The lowest BCUT2D eigenvalue weighted by atomic mass is 9.87. The number of hydrogen-bond donors (Lipinski definition) is 1. The van der Waals surface area contributed by atoms with Gasteiger partial charge in [-0.1, -0.05) is 24.3 Å².